The minimum absolute atomic E-state index is 0.281. The second kappa shape index (κ2) is 6.24. The van der Waals surface area contributed by atoms with Crippen molar-refractivity contribution in [3.63, 3.8) is 0 Å². The molecule has 0 bridgehead atoms. The number of benzene rings is 1. The highest BCUT2D eigenvalue weighted by Crippen LogP contribution is 2.33. The Kier molecular flexibility index (Phi) is 4.83. The lowest BCUT2D eigenvalue weighted by Gasteiger charge is -2.17. The Hall–Kier alpha value is -0.910. The maximum atomic E-state index is 11.4. The molecule has 1 aromatic rings. The molecule has 0 spiro atoms. The van der Waals surface area contributed by atoms with Crippen molar-refractivity contribution in [2.75, 3.05) is 12.8 Å². The van der Waals surface area contributed by atoms with Crippen LogP contribution in [0.25, 0.3) is 0 Å². The van der Waals surface area contributed by atoms with E-state index >= 15 is 0 Å². The third kappa shape index (κ3) is 4.58. The molecule has 1 aliphatic carbocycles. The molecule has 1 aromatic carbocycles. The average molecular weight is 297 g/mol. The summed E-state index contributed by atoms with van der Waals surface area (Å²) in [6.07, 6.45) is 4.41. The van der Waals surface area contributed by atoms with Gasteiger partial charge in [0.05, 0.1) is 11.0 Å². The fourth-order valence-corrected chi connectivity index (χ4v) is 2.94. The van der Waals surface area contributed by atoms with Gasteiger partial charge in [0.2, 0.25) is 0 Å². The zero-order valence-corrected chi connectivity index (χ0v) is 12.9. The molecule has 2 N–H and O–H groups in total. The monoisotopic (exact) mass is 297 g/mol. The number of aliphatic hydroxyl groups excluding tert-OH is 1. The van der Waals surface area contributed by atoms with Crippen LogP contribution in [0, 0.1) is 5.92 Å². The third-order valence-corrected chi connectivity index (χ3v) is 4.86. The van der Waals surface area contributed by atoms with Crippen LogP contribution in [0.15, 0.2) is 29.2 Å². The van der Waals surface area contributed by atoms with E-state index in [-0.39, 0.29) is 4.90 Å². The van der Waals surface area contributed by atoms with Gasteiger partial charge in [-0.3, -0.25) is 0 Å². The van der Waals surface area contributed by atoms with Gasteiger partial charge in [0.15, 0.2) is 9.84 Å². The van der Waals surface area contributed by atoms with Crippen molar-refractivity contribution in [2.24, 2.45) is 5.92 Å². The van der Waals surface area contributed by atoms with E-state index in [9.17, 15) is 13.5 Å². The molecule has 2 rings (SSSR count). The van der Waals surface area contributed by atoms with Gasteiger partial charge < -0.3 is 10.4 Å². The zero-order chi connectivity index (χ0) is 14.8. The number of hydrogen-bond acceptors (Lipinski definition) is 4. The summed E-state index contributed by atoms with van der Waals surface area (Å²) in [5.41, 5.74) is 0.739. The number of nitrogens with one attached hydrogen (secondary N) is 1. The van der Waals surface area contributed by atoms with Crippen molar-refractivity contribution in [3.05, 3.63) is 29.8 Å². The molecule has 1 fully saturated rings. The number of sulfone groups is 1. The Morgan fingerprint density at radius 3 is 2.40 bits per heavy atom. The van der Waals surface area contributed by atoms with E-state index in [1.165, 1.54) is 25.5 Å². The SMILES string of the molecule is CC(CC1CC1)NCC(O)c1ccc(S(C)(=O)=O)cc1. The van der Waals surface area contributed by atoms with Gasteiger partial charge in [-0.2, -0.15) is 0 Å². The molecule has 20 heavy (non-hydrogen) atoms. The molecule has 0 radical (unpaired) electrons. The van der Waals surface area contributed by atoms with Crippen LogP contribution in [0.1, 0.15) is 37.9 Å². The molecule has 1 aliphatic rings. The Morgan fingerprint density at radius 1 is 1.30 bits per heavy atom. The van der Waals surface area contributed by atoms with Crippen LogP contribution < -0.4 is 5.32 Å². The van der Waals surface area contributed by atoms with E-state index in [4.69, 9.17) is 0 Å². The molecule has 2 atom stereocenters. The third-order valence-electron chi connectivity index (χ3n) is 3.74. The van der Waals surface area contributed by atoms with Crippen LogP contribution in [0.2, 0.25) is 0 Å². The first-order valence-electron chi connectivity index (χ1n) is 7.07. The van der Waals surface area contributed by atoms with E-state index in [0.717, 1.165) is 11.5 Å². The van der Waals surface area contributed by atoms with Crippen molar-refractivity contribution in [2.45, 2.75) is 43.2 Å². The van der Waals surface area contributed by atoms with E-state index in [2.05, 4.69) is 12.2 Å². The predicted molar refractivity (Wildman–Crippen MR) is 79.3 cm³/mol. The first-order chi connectivity index (χ1) is 9.36. The largest absolute Gasteiger partial charge is 0.387 e. The molecule has 0 amide bonds. The lowest BCUT2D eigenvalue weighted by atomic mass is 10.1. The van der Waals surface area contributed by atoms with E-state index < -0.39 is 15.9 Å². The summed E-state index contributed by atoms with van der Waals surface area (Å²) in [4.78, 5) is 0.281. The van der Waals surface area contributed by atoms with Gasteiger partial charge in [0.25, 0.3) is 0 Å². The van der Waals surface area contributed by atoms with Crippen LogP contribution >= 0.6 is 0 Å². The lowest BCUT2D eigenvalue weighted by molar-refractivity contribution is 0.169. The number of aliphatic hydroxyl groups is 1. The topological polar surface area (TPSA) is 66.4 Å². The van der Waals surface area contributed by atoms with Crippen LogP contribution in [-0.2, 0) is 9.84 Å². The Bertz CT molecular complexity index is 535. The maximum Gasteiger partial charge on any atom is 0.175 e. The minimum atomic E-state index is -3.17. The van der Waals surface area contributed by atoms with Crippen LogP contribution in [0.5, 0.6) is 0 Å². The smallest absolute Gasteiger partial charge is 0.175 e. The molecular weight excluding hydrogens is 274 g/mol. The molecular formula is C15H23NO3S. The second-order valence-electron chi connectivity index (χ2n) is 5.85. The van der Waals surface area contributed by atoms with E-state index in [1.807, 2.05) is 0 Å². The highest BCUT2D eigenvalue weighted by atomic mass is 32.2. The Labute approximate surface area is 121 Å². The molecule has 0 aliphatic heterocycles. The summed E-state index contributed by atoms with van der Waals surface area (Å²) in [5.74, 6) is 0.865. The predicted octanol–water partition coefficient (Wildman–Crippen LogP) is 1.90. The zero-order valence-electron chi connectivity index (χ0n) is 12.0. The molecule has 0 saturated heterocycles. The number of rotatable bonds is 7. The van der Waals surface area contributed by atoms with Crippen molar-refractivity contribution in [3.8, 4) is 0 Å². The molecule has 5 heteroatoms. The molecule has 1 saturated carbocycles. The normalized spacial score (nSPS) is 18.8. The molecule has 0 heterocycles. The Morgan fingerprint density at radius 2 is 1.90 bits per heavy atom. The highest BCUT2D eigenvalue weighted by molar-refractivity contribution is 7.90. The molecule has 0 aromatic heterocycles. The quantitative estimate of drug-likeness (QED) is 0.807. The van der Waals surface area contributed by atoms with Crippen molar-refractivity contribution >= 4 is 9.84 Å². The van der Waals surface area contributed by atoms with Gasteiger partial charge in [-0.25, -0.2) is 8.42 Å². The van der Waals surface area contributed by atoms with Gasteiger partial charge in [-0.1, -0.05) is 25.0 Å². The fraction of sp³-hybridized carbons (Fsp3) is 0.600. The summed E-state index contributed by atoms with van der Waals surface area (Å²) in [5, 5.41) is 13.4. The standard InChI is InChI=1S/C15H23NO3S/c1-11(9-12-3-4-12)16-10-15(17)13-5-7-14(8-6-13)20(2,18)19/h5-8,11-12,15-17H,3-4,9-10H2,1-2H3. The molecule has 2 unspecified atom stereocenters. The van der Waals surface area contributed by atoms with Gasteiger partial charge in [-0.05, 0) is 37.0 Å². The lowest BCUT2D eigenvalue weighted by Crippen LogP contribution is -2.30. The first kappa shape index (κ1) is 15.5. The summed E-state index contributed by atoms with van der Waals surface area (Å²) < 4.78 is 22.7. The van der Waals surface area contributed by atoms with E-state index in [0.29, 0.717) is 12.6 Å². The van der Waals surface area contributed by atoms with Crippen LogP contribution in [0.3, 0.4) is 0 Å². The van der Waals surface area contributed by atoms with Crippen LogP contribution in [-0.4, -0.2) is 32.4 Å². The minimum Gasteiger partial charge on any atom is -0.387 e. The summed E-state index contributed by atoms with van der Waals surface area (Å²) in [6.45, 7) is 2.63. The van der Waals surface area contributed by atoms with Gasteiger partial charge >= 0.3 is 0 Å². The summed E-state index contributed by atoms with van der Waals surface area (Å²) in [7, 11) is -3.17. The maximum absolute atomic E-state index is 11.4. The summed E-state index contributed by atoms with van der Waals surface area (Å²) >= 11 is 0. The van der Waals surface area contributed by atoms with Crippen molar-refractivity contribution in [1.29, 1.82) is 0 Å². The fourth-order valence-electron chi connectivity index (χ4n) is 2.30. The van der Waals surface area contributed by atoms with Gasteiger partial charge in [-0.15, -0.1) is 0 Å². The number of hydrogen-bond donors (Lipinski definition) is 2. The van der Waals surface area contributed by atoms with Gasteiger partial charge in [0, 0.05) is 18.8 Å². The first-order valence-corrected chi connectivity index (χ1v) is 8.97. The van der Waals surface area contributed by atoms with Gasteiger partial charge in [0.1, 0.15) is 0 Å². The molecule has 4 nitrogen and oxygen atoms in total. The van der Waals surface area contributed by atoms with Crippen molar-refractivity contribution < 1.29 is 13.5 Å². The second-order valence-corrected chi connectivity index (χ2v) is 7.86. The molecule has 112 valence electrons. The van der Waals surface area contributed by atoms with E-state index in [1.54, 1.807) is 24.3 Å². The van der Waals surface area contributed by atoms with Crippen LogP contribution in [0.4, 0.5) is 0 Å². The Balaban J connectivity index is 1.86. The summed E-state index contributed by atoms with van der Waals surface area (Å²) in [6, 6.07) is 6.85. The average Bonchev–Trinajstić information content (AvgIpc) is 3.19. The van der Waals surface area contributed by atoms with Crippen molar-refractivity contribution in [1.82, 2.24) is 5.32 Å². The highest BCUT2D eigenvalue weighted by Gasteiger charge is 2.23.